The fourth-order valence-electron chi connectivity index (χ4n) is 4.17. The summed E-state index contributed by atoms with van der Waals surface area (Å²) in [6.45, 7) is 0. The van der Waals surface area contributed by atoms with Crippen LogP contribution in [0.3, 0.4) is 0 Å². The lowest BCUT2D eigenvalue weighted by Crippen LogP contribution is -2.00. The van der Waals surface area contributed by atoms with Crippen molar-refractivity contribution in [1.82, 2.24) is 0 Å². The van der Waals surface area contributed by atoms with Gasteiger partial charge < -0.3 is 0 Å². The summed E-state index contributed by atoms with van der Waals surface area (Å²) in [6, 6.07) is 21.5. The molecule has 2 aromatic carbocycles. The highest BCUT2D eigenvalue weighted by Crippen LogP contribution is 2.51. The third-order valence-electron chi connectivity index (χ3n) is 5.89. The molecule has 0 amide bonds. The quantitative estimate of drug-likeness (QED) is 0.608. The summed E-state index contributed by atoms with van der Waals surface area (Å²) in [6.07, 6.45) is 6.30. The van der Waals surface area contributed by atoms with Crippen LogP contribution in [0.2, 0.25) is 0 Å². The van der Waals surface area contributed by atoms with Gasteiger partial charge in [-0.25, -0.2) is 0 Å². The van der Waals surface area contributed by atoms with Crippen LogP contribution in [0.5, 0.6) is 0 Å². The largest absolute Gasteiger partial charge is 0.300 e. The lowest BCUT2D eigenvalue weighted by Gasteiger charge is -2.03. The van der Waals surface area contributed by atoms with Crippen LogP contribution in [-0.2, 0) is 4.79 Å². The lowest BCUT2D eigenvalue weighted by molar-refractivity contribution is -0.119. The van der Waals surface area contributed by atoms with Crippen LogP contribution in [0, 0.1) is 11.8 Å². The second kappa shape index (κ2) is 6.93. The Morgan fingerprint density at radius 1 is 0.708 bits per heavy atom. The summed E-state index contributed by atoms with van der Waals surface area (Å²) in [5.74, 6) is 3.39. The molecule has 0 aliphatic heterocycles. The molecule has 0 heterocycles. The minimum absolute atomic E-state index is 0.479. The van der Waals surface area contributed by atoms with Crippen LogP contribution in [0.25, 0.3) is 0 Å². The van der Waals surface area contributed by atoms with E-state index in [9.17, 15) is 4.79 Å². The fraction of sp³-hybridized carbons (Fsp3) is 0.435. The van der Waals surface area contributed by atoms with E-state index in [1.807, 2.05) is 0 Å². The molecule has 2 aliphatic carbocycles. The third-order valence-corrected chi connectivity index (χ3v) is 5.89. The van der Waals surface area contributed by atoms with Gasteiger partial charge in [-0.1, -0.05) is 60.7 Å². The molecular weight excluding hydrogens is 292 g/mol. The maximum Gasteiger partial charge on any atom is 0.132 e. The van der Waals surface area contributed by atoms with Gasteiger partial charge in [0, 0.05) is 12.8 Å². The Balaban J connectivity index is 1.14. The summed E-state index contributed by atoms with van der Waals surface area (Å²) in [7, 11) is 0. The second-order valence-corrected chi connectivity index (χ2v) is 7.64. The Morgan fingerprint density at radius 3 is 1.54 bits per heavy atom. The Bertz CT molecular complexity index is 616. The Kier molecular flexibility index (Phi) is 4.51. The average Bonchev–Trinajstić information content (AvgIpc) is 3.54. The highest BCUT2D eigenvalue weighted by atomic mass is 16.1. The maximum absolute atomic E-state index is 12.2. The van der Waals surface area contributed by atoms with Gasteiger partial charge in [0.2, 0.25) is 0 Å². The van der Waals surface area contributed by atoms with Crippen molar-refractivity contribution in [3.05, 3.63) is 71.8 Å². The number of benzene rings is 2. The van der Waals surface area contributed by atoms with E-state index < -0.39 is 0 Å². The second-order valence-electron chi connectivity index (χ2n) is 7.64. The maximum atomic E-state index is 12.2. The fourth-order valence-corrected chi connectivity index (χ4v) is 4.17. The van der Waals surface area contributed by atoms with Crippen molar-refractivity contribution in [1.29, 1.82) is 0 Å². The van der Waals surface area contributed by atoms with Gasteiger partial charge in [0.25, 0.3) is 0 Å². The summed E-state index contributed by atoms with van der Waals surface area (Å²) in [5, 5.41) is 0. The van der Waals surface area contributed by atoms with Gasteiger partial charge in [-0.15, -0.1) is 0 Å². The Labute approximate surface area is 145 Å². The van der Waals surface area contributed by atoms with Crippen molar-refractivity contribution < 1.29 is 4.79 Å². The van der Waals surface area contributed by atoms with E-state index in [-0.39, 0.29) is 0 Å². The Morgan fingerprint density at radius 2 is 1.12 bits per heavy atom. The molecule has 0 unspecified atom stereocenters. The molecule has 0 saturated heterocycles. The summed E-state index contributed by atoms with van der Waals surface area (Å²) < 4.78 is 0. The predicted octanol–water partition coefficient (Wildman–Crippen LogP) is 5.72. The molecule has 0 bridgehead atoms. The number of rotatable bonds is 8. The molecule has 1 nitrogen and oxygen atoms in total. The summed E-state index contributed by atoms with van der Waals surface area (Å²) in [5.41, 5.74) is 2.91. The molecule has 124 valence electrons. The number of carbonyl (C=O) groups excluding carboxylic acids is 1. The smallest absolute Gasteiger partial charge is 0.132 e. The van der Waals surface area contributed by atoms with Gasteiger partial charge in [-0.05, 0) is 60.5 Å². The van der Waals surface area contributed by atoms with Crippen molar-refractivity contribution in [3.63, 3.8) is 0 Å². The van der Waals surface area contributed by atoms with E-state index in [0.29, 0.717) is 17.6 Å². The molecule has 1 heteroatoms. The van der Waals surface area contributed by atoms with Crippen molar-refractivity contribution in [2.24, 2.45) is 11.8 Å². The van der Waals surface area contributed by atoms with E-state index in [0.717, 1.165) is 37.5 Å². The van der Waals surface area contributed by atoms with E-state index in [1.54, 1.807) is 0 Å². The first kappa shape index (κ1) is 15.6. The first-order valence-electron chi connectivity index (χ1n) is 9.43. The van der Waals surface area contributed by atoms with Crippen molar-refractivity contribution >= 4 is 5.78 Å². The Hall–Kier alpha value is -1.89. The van der Waals surface area contributed by atoms with Gasteiger partial charge in [0.1, 0.15) is 5.78 Å². The highest BCUT2D eigenvalue weighted by molar-refractivity contribution is 5.78. The van der Waals surface area contributed by atoms with Gasteiger partial charge in [0.15, 0.2) is 0 Å². The first-order chi connectivity index (χ1) is 11.8. The van der Waals surface area contributed by atoms with Crippen LogP contribution in [-0.4, -0.2) is 5.78 Å². The molecule has 0 radical (unpaired) electrons. The molecule has 2 aromatic rings. The lowest BCUT2D eigenvalue weighted by atomic mass is 10.0. The molecule has 0 N–H and O–H groups in total. The first-order valence-corrected chi connectivity index (χ1v) is 9.43. The van der Waals surface area contributed by atoms with Crippen molar-refractivity contribution in [2.75, 3.05) is 0 Å². The summed E-state index contributed by atoms with van der Waals surface area (Å²) in [4.78, 5) is 12.2. The van der Waals surface area contributed by atoms with Crippen LogP contribution in [0.4, 0.5) is 0 Å². The molecule has 0 aromatic heterocycles. The minimum Gasteiger partial charge on any atom is -0.300 e. The molecule has 2 aliphatic rings. The SMILES string of the molecule is O=C(CC[C@@H]1C[C@H]1c1ccccc1)CC[C@@H]1C[C@H]1c1ccccc1. The molecule has 4 rings (SSSR count). The third kappa shape index (κ3) is 3.77. The van der Waals surface area contributed by atoms with Gasteiger partial charge in [-0.3, -0.25) is 4.79 Å². The molecule has 2 fully saturated rings. The van der Waals surface area contributed by atoms with Gasteiger partial charge in [0.05, 0.1) is 0 Å². The monoisotopic (exact) mass is 318 g/mol. The number of ketones is 1. The van der Waals surface area contributed by atoms with Crippen LogP contribution < -0.4 is 0 Å². The number of Topliss-reactive ketones (excluding diaryl/α,β-unsaturated/α-hetero) is 1. The standard InChI is InChI=1S/C23H26O/c24-21(13-11-19-15-22(19)17-7-3-1-4-8-17)14-12-20-16-23(20)18-9-5-2-6-10-18/h1-10,19-20,22-23H,11-16H2/t19-,20-,22+,23+/m1/s1. The van der Waals surface area contributed by atoms with Gasteiger partial charge >= 0.3 is 0 Å². The number of hydrogen-bond donors (Lipinski definition) is 0. The van der Waals surface area contributed by atoms with E-state index in [4.69, 9.17) is 0 Å². The van der Waals surface area contributed by atoms with Crippen LogP contribution in [0.1, 0.15) is 61.5 Å². The van der Waals surface area contributed by atoms with Crippen LogP contribution in [0.15, 0.2) is 60.7 Å². The molecular formula is C23H26O. The topological polar surface area (TPSA) is 17.1 Å². The number of hydrogen-bond acceptors (Lipinski definition) is 1. The minimum atomic E-state index is 0.479. The summed E-state index contributed by atoms with van der Waals surface area (Å²) >= 11 is 0. The normalized spacial score (nSPS) is 27.7. The van der Waals surface area contributed by atoms with E-state index in [1.165, 1.54) is 24.0 Å². The zero-order chi connectivity index (χ0) is 16.4. The number of carbonyl (C=O) groups is 1. The van der Waals surface area contributed by atoms with Crippen molar-refractivity contribution in [3.8, 4) is 0 Å². The van der Waals surface area contributed by atoms with E-state index >= 15 is 0 Å². The zero-order valence-electron chi connectivity index (χ0n) is 14.2. The average molecular weight is 318 g/mol. The zero-order valence-corrected chi connectivity index (χ0v) is 14.2. The highest BCUT2D eigenvalue weighted by Gasteiger charge is 2.39. The molecule has 2 saturated carbocycles. The predicted molar refractivity (Wildman–Crippen MR) is 98.1 cm³/mol. The molecule has 0 spiro atoms. The van der Waals surface area contributed by atoms with E-state index in [2.05, 4.69) is 60.7 Å². The molecule has 24 heavy (non-hydrogen) atoms. The van der Waals surface area contributed by atoms with Crippen molar-refractivity contribution in [2.45, 2.75) is 50.4 Å². The molecule has 4 atom stereocenters. The van der Waals surface area contributed by atoms with Crippen LogP contribution >= 0.6 is 0 Å². The van der Waals surface area contributed by atoms with Gasteiger partial charge in [-0.2, -0.15) is 0 Å².